The molecule has 0 unspecified atom stereocenters. The van der Waals surface area contributed by atoms with Crippen molar-refractivity contribution >= 4 is 27.8 Å². The van der Waals surface area contributed by atoms with Crippen LogP contribution in [0, 0.1) is 0 Å². The first-order valence-electron chi connectivity index (χ1n) is 4.11. The predicted octanol–water partition coefficient (Wildman–Crippen LogP) is 1.15. The third-order valence-corrected chi connectivity index (χ3v) is 1.99. The van der Waals surface area contributed by atoms with Gasteiger partial charge < -0.3 is 15.4 Å². The number of carbonyl (C=O) groups is 2. The molecule has 0 atom stereocenters. The molecule has 0 fully saturated rings. The Bertz CT molecular complexity index is 398. The smallest absolute Gasteiger partial charge is 0.328 e. The highest BCUT2D eigenvalue weighted by molar-refractivity contribution is 9.10. The van der Waals surface area contributed by atoms with E-state index in [9.17, 15) is 9.59 Å². The Morgan fingerprint density at radius 3 is 2.87 bits per heavy atom. The average molecular weight is 273 g/mol. The zero-order valence-corrected chi connectivity index (χ0v) is 9.24. The lowest BCUT2D eigenvalue weighted by molar-refractivity contribution is -0.131. The number of hydrogen-bond donors (Lipinski definition) is 3. The highest BCUT2D eigenvalue weighted by Crippen LogP contribution is 2.09. The Hall–Kier alpha value is -1.56. The van der Waals surface area contributed by atoms with Gasteiger partial charge in [-0.3, -0.25) is 4.79 Å². The van der Waals surface area contributed by atoms with E-state index in [1.165, 1.54) is 6.08 Å². The molecule has 0 saturated heterocycles. The van der Waals surface area contributed by atoms with Crippen molar-refractivity contribution in [3.63, 3.8) is 0 Å². The number of H-pyrrole nitrogens is 1. The van der Waals surface area contributed by atoms with Gasteiger partial charge in [0.15, 0.2) is 0 Å². The highest BCUT2D eigenvalue weighted by atomic mass is 79.9. The molecule has 0 aromatic carbocycles. The number of halogens is 1. The molecule has 0 aliphatic heterocycles. The van der Waals surface area contributed by atoms with Crippen LogP contribution in [0.4, 0.5) is 0 Å². The van der Waals surface area contributed by atoms with Crippen molar-refractivity contribution in [3.05, 3.63) is 34.6 Å². The molecule has 1 aromatic heterocycles. The number of amides is 1. The van der Waals surface area contributed by atoms with E-state index in [0.29, 0.717) is 5.69 Å². The fraction of sp³-hybridized carbons (Fsp3) is 0.111. The summed E-state index contributed by atoms with van der Waals surface area (Å²) in [5, 5.41) is 10.8. The van der Waals surface area contributed by atoms with Crippen LogP contribution in [0.1, 0.15) is 10.5 Å². The average Bonchev–Trinajstić information content (AvgIpc) is 2.59. The van der Waals surface area contributed by atoms with E-state index in [0.717, 1.165) is 10.5 Å². The van der Waals surface area contributed by atoms with Crippen LogP contribution in [0.25, 0.3) is 0 Å². The number of nitrogens with one attached hydrogen (secondary N) is 2. The summed E-state index contributed by atoms with van der Waals surface area (Å²) in [5.41, 5.74) is 0.422. The molecule has 80 valence electrons. The molecular formula is C9H9BrN2O3. The van der Waals surface area contributed by atoms with E-state index >= 15 is 0 Å². The second-order valence-corrected chi connectivity index (χ2v) is 3.60. The first-order chi connectivity index (χ1) is 7.09. The van der Waals surface area contributed by atoms with Crippen molar-refractivity contribution in [2.75, 3.05) is 6.54 Å². The lowest BCUT2D eigenvalue weighted by atomic mass is 10.4. The molecule has 6 heteroatoms. The Balaban J connectivity index is 2.40. The van der Waals surface area contributed by atoms with Crippen molar-refractivity contribution in [1.82, 2.24) is 10.3 Å². The standard InChI is InChI=1S/C9H9BrN2O3/c10-6-4-7(12-5-6)9(15)11-3-1-2-8(13)14/h1-2,4-5,12H,3H2,(H,11,15)(H,13,14)/b2-1+. The van der Waals surface area contributed by atoms with Gasteiger partial charge in [0, 0.05) is 23.3 Å². The van der Waals surface area contributed by atoms with Crippen molar-refractivity contribution in [2.45, 2.75) is 0 Å². The molecule has 1 aromatic rings. The van der Waals surface area contributed by atoms with Crippen LogP contribution < -0.4 is 5.32 Å². The summed E-state index contributed by atoms with van der Waals surface area (Å²) in [6, 6.07) is 1.64. The van der Waals surface area contributed by atoms with Gasteiger partial charge in [-0.25, -0.2) is 4.79 Å². The SMILES string of the molecule is O=C(O)/C=C/CNC(=O)c1cc(Br)c[nH]1. The third kappa shape index (κ3) is 3.99. The van der Waals surface area contributed by atoms with E-state index in [1.807, 2.05) is 0 Å². The molecule has 0 spiro atoms. The van der Waals surface area contributed by atoms with Crippen LogP contribution in [-0.4, -0.2) is 28.5 Å². The van der Waals surface area contributed by atoms with Gasteiger partial charge in [-0.05, 0) is 22.0 Å². The first-order valence-corrected chi connectivity index (χ1v) is 4.90. The number of rotatable bonds is 4. The first kappa shape index (κ1) is 11.5. The number of aromatic nitrogens is 1. The molecule has 1 heterocycles. The van der Waals surface area contributed by atoms with Gasteiger partial charge in [0.1, 0.15) is 5.69 Å². The molecule has 15 heavy (non-hydrogen) atoms. The topological polar surface area (TPSA) is 82.2 Å². The van der Waals surface area contributed by atoms with Crippen molar-refractivity contribution in [3.8, 4) is 0 Å². The molecule has 0 saturated carbocycles. The molecule has 1 rings (SSSR count). The Labute approximate surface area is 94.3 Å². The monoisotopic (exact) mass is 272 g/mol. The predicted molar refractivity (Wildman–Crippen MR) is 57.6 cm³/mol. The van der Waals surface area contributed by atoms with Gasteiger partial charge in [0.2, 0.25) is 0 Å². The van der Waals surface area contributed by atoms with Gasteiger partial charge in [0.05, 0.1) is 0 Å². The summed E-state index contributed by atoms with van der Waals surface area (Å²) >= 11 is 3.20. The van der Waals surface area contributed by atoms with Gasteiger partial charge in [0.25, 0.3) is 5.91 Å². The van der Waals surface area contributed by atoms with Gasteiger partial charge in [-0.2, -0.15) is 0 Å². The van der Waals surface area contributed by atoms with Crippen molar-refractivity contribution < 1.29 is 14.7 Å². The van der Waals surface area contributed by atoms with Crippen LogP contribution in [-0.2, 0) is 4.79 Å². The number of hydrogen-bond acceptors (Lipinski definition) is 2. The molecule has 3 N–H and O–H groups in total. The Kier molecular flexibility index (Phi) is 4.11. The molecule has 5 nitrogen and oxygen atoms in total. The summed E-state index contributed by atoms with van der Waals surface area (Å²) in [5.74, 6) is -1.32. The minimum atomic E-state index is -1.04. The number of carboxylic acid groups (broad SMARTS) is 1. The normalized spacial score (nSPS) is 10.5. The fourth-order valence-corrected chi connectivity index (χ4v) is 1.25. The minimum Gasteiger partial charge on any atom is -0.478 e. The lowest BCUT2D eigenvalue weighted by Gasteiger charge is -1.98. The summed E-state index contributed by atoms with van der Waals surface area (Å²) in [4.78, 5) is 24.2. The summed E-state index contributed by atoms with van der Waals surface area (Å²) in [6.07, 6.45) is 3.98. The number of aliphatic carboxylic acids is 1. The molecule has 0 aliphatic carbocycles. The molecule has 0 bridgehead atoms. The largest absolute Gasteiger partial charge is 0.478 e. The lowest BCUT2D eigenvalue weighted by Crippen LogP contribution is -2.23. The van der Waals surface area contributed by atoms with Crippen LogP contribution >= 0.6 is 15.9 Å². The number of carbonyl (C=O) groups excluding carboxylic acids is 1. The molecule has 1 amide bonds. The van der Waals surface area contributed by atoms with Crippen LogP contribution in [0.15, 0.2) is 28.9 Å². The maximum atomic E-state index is 11.4. The quantitative estimate of drug-likeness (QED) is 0.719. The fourth-order valence-electron chi connectivity index (χ4n) is 0.906. The van der Waals surface area contributed by atoms with E-state index in [-0.39, 0.29) is 12.5 Å². The highest BCUT2D eigenvalue weighted by Gasteiger charge is 2.05. The number of carboxylic acids is 1. The second kappa shape index (κ2) is 5.35. The zero-order chi connectivity index (χ0) is 11.3. The van der Waals surface area contributed by atoms with Crippen LogP contribution in [0.5, 0.6) is 0 Å². The Morgan fingerprint density at radius 2 is 2.33 bits per heavy atom. The van der Waals surface area contributed by atoms with Crippen LogP contribution in [0.2, 0.25) is 0 Å². The van der Waals surface area contributed by atoms with E-state index in [4.69, 9.17) is 5.11 Å². The maximum absolute atomic E-state index is 11.4. The third-order valence-electron chi connectivity index (χ3n) is 1.53. The molecule has 0 radical (unpaired) electrons. The van der Waals surface area contributed by atoms with E-state index < -0.39 is 5.97 Å². The van der Waals surface area contributed by atoms with Crippen LogP contribution in [0.3, 0.4) is 0 Å². The second-order valence-electron chi connectivity index (χ2n) is 2.68. The summed E-state index contributed by atoms with van der Waals surface area (Å²) in [7, 11) is 0. The zero-order valence-electron chi connectivity index (χ0n) is 7.66. The van der Waals surface area contributed by atoms with Gasteiger partial charge in [-0.15, -0.1) is 0 Å². The molecular weight excluding hydrogens is 264 g/mol. The van der Waals surface area contributed by atoms with Gasteiger partial charge >= 0.3 is 5.97 Å². The summed E-state index contributed by atoms with van der Waals surface area (Å²) < 4.78 is 0.786. The maximum Gasteiger partial charge on any atom is 0.328 e. The Morgan fingerprint density at radius 1 is 1.60 bits per heavy atom. The van der Waals surface area contributed by atoms with E-state index in [1.54, 1.807) is 12.3 Å². The summed E-state index contributed by atoms with van der Waals surface area (Å²) in [6.45, 7) is 0.182. The van der Waals surface area contributed by atoms with Crippen molar-refractivity contribution in [2.24, 2.45) is 0 Å². The van der Waals surface area contributed by atoms with Crippen molar-refractivity contribution in [1.29, 1.82) is 0 Å². The number of aromatic amines is 1. The van der Waals surface area contributed by atoms with E-state index in [2.05, 4.69) is 26.2 Å². The molecule has 0 aliphatic rings. The minimum absolute atomic E-state index is 0.182. The van der Waals surface area contributed by atoms with Gasteiger partial charge in [-0.1, -0.05) is 6.08 Å².